The first-order valence-corrected chi connectivity index (χ1v) is 8.99. The highest BCUT2D eigenvalue weighted by Crippen LogP contribution is 2.48. The predicted octanol–water partition coefficient (Wildman–Crippen LogP) is 0.717. The van der Waals surface area contributed by atoms with Crippen molar-refractivity contribution in [1.29, 1.82) is 0 Å². The van der Waals surface area contributed by atoms with Gasteiger partial charge in [-0.1, -0.05) is 0 Å². The summed E-state index contributed by atoms with van der Waals surface area (Å²) in [7, 11) is -3.10. The summed E-state index contributed by atoms with van der Waals surface area (Å²) in [6.07, 6.45) is 7.15. The van der Waals surface area contributed by atoms with Gasteiger partial charge in [-0.25, -0.2) is 13.1 Å². The van der Waals surface area contributed by atoms with Gasteiger partial charge in [-0.05, 0) is 43.4 Å². The van der Waals surface area contributed by atoms with Gasteiger partial charge in [-0.15, -0.1) is 0 Å². The van der Waals surface area contributed by atoms with E-state index in [-0.39, 0.29) is 11.5 Å². The maximum Gasteiger partial charge on any atom is 0.222 e. The molecule has 0 bridgehead atoms. The molecule has 0 aromatic carbocycles. The van der Waals surface area contributed by atoms with Crippen LogP contribution in [0.4, 0.5) is 0 Å². The molecule has 0 atom stereocenters. The minimum Gasteiger partial charge on any atom is -0.342 e. The van der Waals surface area contributed by atoms with Crippen LogP contribution in [-0.2, 0) is 14.8 Å². The van der Waals surface area contributed by atoms with Gasteiger partial charge in [0.1, 0.15) is 0 Å². The summed E-state index contributed by atoms with van der Waals surface area (Å²) in [6, 6.07) is 0.0773. The largest absolute Gasteiger partial charge is 0.342 e. The number of hydrogen-bond acceptors (Lipinski definition) is 3. The van der Waals surface area contributed by atoms with E-state index in [0.29, 0.717) is 11.8 Å². The Morgan fingerprint density at radius 3 is 2.63 bits per heavy atom. The summed E-state index contributed by atoms with van der Waals surface area (Å²) in [5, 5.41) is 0. The third-order valence-electron chi connectivity index (χ3n) is 4.69. The van der Waals surface area contributed by atoms with Gasteiger partial charge in [0.05, 0.1) is 6.26 Å². The number of carbonyl (C=O) groups excluding carboxylic acids is 1. The molecule has 19 heavy (non-hydrogen) atoms. The van der Waals surface area contributed by atoms with Crippen LogP contribution in [0.25, 0.3) is 0 Å². The molecule has 5 nitrogen and oxygen atoms in total. The molecule has 3 aliphatic rings. The molecule has 1 spiro atoms. The second kappa shape index (κ2) is 4.45. The van der Waals surface area contributed by atoms with Gasteiger partial charge in [-0.3, -0.25) is 4.79 Å². The SMILES string of the molecule is CS(=O)(=O)NC1CC2(CCN(C(=O)CC3CC3)C2)C1. The highest BCUT2D eigenvalue weighted by Gasteiger charge is 2.50. The monoisotopic (exact) mass is 286 g/mol. The molecule has 3 rings (SSSR count). The lowest BCUT2D eigenvalue weighted by molar-refractivity contribution is -0.131. The molecule has 0 aromatic heterocycles. The molecule has 6 heteroatoms. The van der Waals surface area contributed by atoms with Crippen molar-refractivity contribution in [2.75, 3.05) is 19.3 Å². The van der Waals surface area contributed by atoms with E-state index in [0.717, 1.165) is 38.8 Å². The molecule has 0 unspecified atom stereocenters. The molecule has 108 valence electrons. The van der Waals surface area contributed by atoms with Gasteiger partial charge >= 0.3 is 0 Å². The zero-order valence-corrected chi connectivity index (χ0v) is 12.2. The molecule has 1 aliphatic heterocycles. The van der Waals surface area contributed by atoms with Crippen LogP contribution in [0.1, 0.15) is 38.5 Å². The Hall–Kier alpha value is -0.620. The molecule has 1 amide bonds. The number of likely N-dealkylation sites (tertiary alicyclic amines) is 1. The minimum absolute atomic E-state index is 0.0773. The van der Waals surface area contributed by atoms with Crippen molar-refractivity contribution in [3.05, 3.63) is 0 Å². The topological polar surface area (TPSA) is 66.5 Å². The average Bonchev–Trinajstić information content (AvgIpc) is 2.92. The number of rotatable bonds is 4. The van der Waals surface area contributed by atoms with E-state index in [1.54, 1.807) is 0 Å². The Labute approximate surface area is 114 Å². The van der Waals surface area contributed by atoms with Crippen molar-refractivity contribution >= 4 is 15.9 Å². The summed E-state index contributed by atoms with van der Waals surface area (Å²) in [5.74, 6) is 0.948. The van der Waals surface area contributed by atoms with Crippen molar-refractivity contribution in [2.24, 2.45) is 11.3 Å². The van der Waals surface area contributed by atoms with E-state index in [2.05, 4.69) is 4.72 Å². The van der Waals surface area contributed by atoms with Gasteiger partial charge < -0.3 is 4.90 Å². The van der Waals surface area contributed by atoms with Gasteiger partial charge in [0.25, 0.3) is 0 Å². The van der Waals surface area contributed by atoms with E-state index < -0.39 is 10.0 Å². The van der Waals surface area contributed by atoms with Crippen LogP contribution in [0.3, 0.4) is 0 Å². The Bertz CT molecular complexity index is 478. The Morgan fingerprint density at radius 2 is 2.05 bits per heavy atom. The van der Waals surface area contributed by atoms with E-state index in [1.165, 1.54) is 19.1 Å². The van der Waals surface area contributed by atoms with Crippen molar-refractivity contribution in [3.63, 3.8) is 0 Å². The van der Waals surface area contributed by atoms with Crippen molar-refractivity contribution in [1.82, 2.24) is 9.62 Å². The summed E-state index contributed by atoms with van der Waals surface area (Å²) in [5.41, 5.74) is 0.196. The molecular weight excluding hydrogens is 264 g/mol. The number of amides is 1. The van der Waals surface area contributed by atoms with Crippen molar-refractivity contribution < 1.29 is 13.2 Å². The van der Waals surface area contributed by atoms with E-state index in [9.17, 15) is 13.2 Å². The molecule has 2 aliphatic carbocycles. The fourth-order valence-electron chi connectivity index (χ4n) is 3.55. The lowest BCUT2D eigenvalue weighted by Crippen LogP contribution is -2.51. The Morgan fingerprint density at radius 1 is 1.37 bits per heavy atom. The fourth-order valence-corrected chi connectivity index (χ4v) is 4.32. The second-order valence-corrected chi connectivity index (χ2v) is 8.49. The maximum atomic E-state index is 12.0. The molecule has 3 fully saturated rings. The highest BCUT2D eigenvalue weighted by atomic mass is 32.2. The fraction of sp³-hybridized carbons (Fsp3) is 0.923. The maximum absolute atomic E-state index is 12.0. The number of nitrogens with one attached hydrogen (secondary N) is 1. The summed E-state index contributed by atoms with van der Waals surface area (Å²) in [6.45, 7) is 1.69. The molecule has 1 heterocycles. The van der Waals surface area contributed by atoms with Gasteiger partial charge in [0.2, 0.25) is 15.9 Å². The van der Waals surface area contributed by atoms with Crippen LogP contribution in [0.2, 0.25) is 0 Å². The normalized spacial score (nSPS) is 34.6. The zero-order valence-electron chi connectivity index (χ0n) is 11.4. The van der Waals surface area contributed by atoms with Crippen LogP contribution in [0.5, 0.6) is 0 Å². The Balaban J connectivity index is 1.48. The molecule has 2 saturated carbocycles. The summed E-state index contributed by atoms with van der Waals surface area (Å²) in [4.78, 5) is 14.0. The quantitative estimate of drug-likeness (QED) is 0.828. The van der Waals surface area contributed by atoms with Gasteiger partial charge in [-0.2, -0.15) is 0 Å². The van der Waals surface area contributed by atoms with E-state index in [4.69, 9.17) is 0 Å². The third-order valence-corrected chi connectivity index (χ3v) is 5.45. The number of sulfonamides is 1. The average molecular weight is 286 g/mol. The van der Waals surface area contributed by atoms with Gasteiger partial charge in [0.15, 0.2) is 0 Å². The molecule has 0 radical (unpaired) electrons. The first-order chi connectivity index (χ1) is 8.85. The van der Waals surface area contributed by atoms with Crippen LogP contribution < -0.4 is 4.72 Å². The minimum atomic E-state index is -3.10. The number of carbonyl (C=O) groups is 1. The van der Waals surface area contributed by atoms with Crippen molar-refractivity contribution in [2.45, 2.75) is 44.6 Å². The predicted molar refractivity (Wildman–Crippen MR) is 72.0 cm³/mol. The molecule has 0 aromatic rings. The van der Waals surface area contributed by atoms with Crippen molar-refractivity contribution in [3.8, 4) is 0 Å². The van der Waals surface area contributed by atoms with E-state index >= 15 is 0 Å². The summed E-state index contributed by atoms with van der Waals surface area (Å²) < 4.78 is 25.0. The summed E-state index contributed by atoms with van der Waals surface area (Å²) >= 11 is 0. The Kier molecular flexibility index (Phi) is 3.13. The smallest absolute Gasteiger partial charge is 0.222 e. The lowest BCUT2D eigenvalue weighted by atomic mass is 9.65. The standard InChI is InChI=1S/C13H22N2O3S/c1-19(17,18)14-11-7-13(8-11)4-5-15(9-13)12(16)6-10-2-3-10/h10-11,14H,2-9H2,1H3. The highest BCUT2D eigenvalue weighted by molar-refractivity contribution is 7.88. The first kappa shape index (κ1) is 13.4. The molecular formula is C13H22N2O3S. The van der Waals surface area contributed by atoms with E-state index in [1.807, 2.05) is 4.90 Å². The third kappa shape index (κ3) is 3.11. The van der Waals surface area contributed by atoms with Crippen LogP contribution in [0, 0.1) is 11.3 Å². The molecule has 1 N–H and O–H groups in total. The zero-order chi connectivity index (χ0) is 13.7. The van der Waals surface area contributed by atoms with Crippen LogP contribution >= 0.6 is 0 Å². The van der Waals surface area contributed by atoms with Crippen LogP contribution in [-0.4, -0.2) is 44.6 Å². The molecule has 1 saturated heterocycles. The lowest BCUT2D eigenvalue weighted by Gasteiger charge is -2.45. The van der Waals surface area contributed by atoms with Crippen LogP contribution in [0.15, 0.2) is 0 Å². The number of nitrogens with zero attached hydrogens (tertiary/aromatic N) is 1. The second-order valence-electron chi connectivity index (χ2n) is 6.71. The van der Waals surface area contributed by atoms with Gasteiger partial charge in [0, 0.05) is 25.6 Å². The first-order valence-electron chi connectivity index (χ1n) is 7.10. The number of hydrogen-bond donors (Lipinski definition) is 1.